The van der Waals surface area contributed by atoms with Crippen LogP contribution >= 0.6 is 0 Å². The number of aliphatic carboxylic acids is 1. The van der Waals surface area contributed by atoms with Crippen LogP contribution in [0.25, 0.3) is 0 Å². The molecule has 1 N–H and O–H groups in total. The lowest BCUT2D eigenvalue weighted by Crippen LogP contribution is -2.45. The number of carbonyl (C=O) groups excluding carboxylic acids is 2. The third-order valence-electron chi connectivity index (χ3n) is 4.25. The van der Waals surface area contributed by atoms with Gasteiger partial charge in [0.2, 0.25) is 5.91 Å². The van der Waals surface area contributed by atoms with Crippen LogP contribution in [-0.4, -0.2) is 65.7 Å². The highest BCUT2D eigenvalue weighted by Crippen LogP contribution is 2.23. The molecule has 0 spiro atoms. The van der Waals surface area contributed by atoms with Gasteiger partial charge in [0.1, 0.15) is 5.75 Å². The van der Waals surface area contributed by atoms with Gasteiger partial charge in [-0.05, 0) is 37.1 Å². The molecule has 2 rings (SSSR count). The molecule has 1 fully saturated rings. The zero-order valence-corrected chi connectivity index (χ0v) is 14.5. The number of likely N-dealkylation sites (tertiary alicyclic amines) is 1. The number of hydrogen-bond donors (Lipinski definition) is 1. The van der Waals surface area contributed by atoms with Gasteiger partial charge in [-0.1, -0.05) is 0 Å². The van der Waals surface area contributed by atoms with E-state index in [9.17, 15) is 27.6 Å². The summed E-state index contributed by atoms with van der Waals surface area (Å²) in [6.45, 7) is 0.403. The zero-order valence-electron chi connectivity index (χ0n) is 14.5. The first-order valence-corrected chi connectivity index (χ1v) is 8.18. The lowest BCUT2D eigenvalue weighted by Gasteiger charge is -2.31. The number of alkyl halides is 3. The van der Waals surface area contributed by atoms with Crippen LogP contribution in [0.5, 0.6) is 5.75 Å². The van der Waals surface area contributed by atoms with Crippen molar-refractivity contribution in [1.29, 1.82) is 0 Å². The molecule has 1 saturated heterocycles. The first-order chi connectivity index (χ1) is 12.6. The van der Waals surface area contributed by atoms with Crippen LogP contribution in [0, 0.1) is 5.92 Å². The third kappa shape index (κ3) is 5.87. The number of piperidine rings is 1. The highest BCUT2D eigenvalue weighted by Gasteiger charge is 2.31. The largest absolute Gasteiger partial charge is 0.573 e. The summed E-state index contributed by atoms with van der Waals surface area (Å²) >= 11 is 0. The van der Waals surface area contributed by atoms with Crippen molar-refractivity contribution in [2.24, 2.45) is 5.92 Å². The lowest BCUT2D eigenvalue weighted by molar-refractivity contribution is -0.274. The molecule has 1 aliphatic rings. The monoisotopic (exact) mass is 388 g/mol. The number of carboxylic acids is 1. The Morgan fingerprint density at radius 2 is 1.74 bits per heavy atom. The number of rotatable bonds is 5. The van der Waals surface area contributed by atoms with Gasteiger partial charge in [-0.3, -0.25) is 14.4 Å². The highest BCUT2D eigenvalue weighted by atomic mass is 19.4. The second kappa shape index (κ2) is 8.28. The van der Waals surface area contributed by atoms with Gasteiger partial charge < -0.3 is 19.6 Å². The van der Waals surface area contributed by atoms with Crippen molar-refractivity contribution < 1.29 is 37.4 Å². The molecule has 10 heteroatoms. The molecule has 1 aromatic rings. The number of benzene rings is 1. The molecule has 0 aliphatic carbocycles. The van der Waals surface area contributed by atoms with Gasteiger partial charge in [-0.2, -0.15) is 0 Å². The molecular weight excluding hydrogens is 369 g/mol. The minimum Gasteiger partial charge on any atom is -0.481 e. The van der Waals surface area contributed by atoms with Crippen LogP contribution in [0.1, 0.15) is 23.2 Å². The smallest absolute Gasteiger partial charge is 0.481 e. The molecular formula is C17H19F3N2O5. The van der Waals surface area contributed by atoms with Crippen molar-refractivity contribution in [2.45, 2.75) is 19.2 Å². The van der Waals surface area contributed by atoms with Gasteiger partial charge in [0.15, 0.2) is 0 Å². The minimum atomic E-state index is -4.82. The van der Waals surface area contributed by atoms with E-state index in [1.54, 1.807) is 0 Å². The number of ether oxygens (including phenoxy) is 1. The summed E-state index contributed by atoms with van der Waals surface area (Å²) in [5.41, 5.74) is 0.115. The molecule has 2 amide bonds. The second-order valence-corrected chi connectivity index (χ2v) is 6.23. The van der Waals surface area contributed by atoms with Gasteiger partial charge >= 0.3 is 12.3 Å². The molecule has 1 aromatic carbocycles. The molecule has 7 nitrogen and oxygen atoms in total. The van der Waals surface area contributed by atoms with E-state index < -0.39 is 29.9 Å². The van der Waals surface area contributed by atoms with Crippen molar-refractivity contribution in [3.05, 3.63) is 29.8 Å². The summed E-state index contributed by atoms with van der Waals surface area (Å²) in [5, 5.41) is 8.96. The SMILES string of the molecule is CN(CC(=O)N1CCC(C(=O)O)CC1)C(=O)c1ccc(OC(F)(F)F)cc1. The Bertz CT molecular complexity index is 698. The average Bonchev–Trinajstić information content (AvgIpc) is 2.60. The van der Waals surface area contributed by atoms with Crippen molar-refractivity contribution in [3.8, 4) is 5.75 Å². The van der Waals surface area contributed by atoms with Gasteiger partial charge in [-0.25, -0.2) is 0 Å². The number of carboxylic acid groups (broad SMARTS) is 1. The van der Waals surface area contributed by atoms with E-state index in [0.717, 1.165) is 17.0 Å². The van der Waals surface area contributed by atoms with Gasteiger partial charge in [0.05, 0.1) is 12.5 Å². The molecule has 0 unspecified atom stereocenters. The molecule has 0 saturated carbocycles. The Morgan fingerprint density at radius 3 is 2.22 bits per heavy atom. The summed E-state index contributed by atoms with van der Waals surface area (Å²) in [6.07, 6.45) is -4.10. The number of carbonyl (C=O) groups is 3. The predicted octanol–water partition coefficient (Wildman–Crippen LogP) is 1.98. The Morgan fingerprint density at radius 1 is 1.19 bits per heavy atom. The maximum atomic E-state index is 12.3. The Balaban J connectivity index is 1.89. The summed E-state index contributed by atoms with van der Waals surface area (Å²) < 4.78 is 40.2. The fourth-order valence-corrected chi connectivity index (χ4v) is 2.77. The summed E-state index contributed by atoms with van der Waals surface area (Å²) in [4.78, 5) is 38.2. The van der Waals surface area contributed by atoms with Crippen molar-refractivity contribution >= 4 is 17.8 Å². The van der Waals surface area contributed by atoms with Crippen molar-refractivity contribution in [1.82, 2.24) is 9.80 Å². The zero-order chi connectivity index (χ0) is 20.2. The average molecular weight is 388 g/mol. The van der Waals surface area contributed by atoms with E-state index in [1.165, 1.54) is 24.1 Å². The van der Waals surface area contributed by atoms with E-state index >= 15 is 0 Å². The van der Waals surface area contributed by atoms with E-state index in [-0.39, 0.29) is 18.0 Å². The van der Waals surface area contributed by atoms with Crippen LogP contribution in [0.4, 0.5) is 13.2 Å². The second-order valence-electron chi connectivity index (χ2n) is 6.23. The molecule has 0 atom stereocenters. The predicted molar refractivity (Wildman–Crippen MR) is 87.0 cm³/mol. The van der Waals surface area contributed by atoms with Gasteiger partial charge in [-0.15, -0.1) is 13.2 Å². The maximum Gasteiger partial charge on any atom is 0.573 e. The normalized spacial score (nSPS) is 15.3. The van der Waals surface area contributed by atoms with Crippen LogP contribution in [0.15, 0.2) is 24.3 Å². The number of hydrogen-bond acceptors (Lipinski definition) is 4. The molecule has 1 heterocycles. The fourth-order valence-electron chi connectivity index (χ4n) is 2.77. The van der Waals surface area contributed by atoms with E-state index in [2.05, 4.69) is 4.74 Å². The van der Waals surface area contributed by atoms with Crippen molar-refractivity contribution in [2.75, 3.05) is 26.7 Å². The number of likely N-dealkylation sites (N-methyl/N-ethyl adjacent to an activating group) is 1. The van der Waals surface area contributed by atoms with Crippen LogP contribution in [-0.2, 0) is 9.59 Å². The van der Waals surface area contributed by atoms with Gasteiger partial charge in [0.25, 0.3) is 5.91 Å². The Hall–Kier alpha value is -2.78. The minimum absolute atomic E-state index is 0.115. The van der Waals surface area contributed by atoms with E-state index in [1.807, 2.05) is 0 Å². The Kier molecular flexibility index (Phi) is 6.29. The summed E-state index contributed by atoms with van der Waals surface area (Å²) in [7, 11) is 1.41. The highest BCUT2D eigenvalue weighted by molar-refractivity contribution is 5.96. The quantitative estimate of drug-likeness (QED) is 0.834. The molecule has 148 valence electrons. The van der Waals surface area contributed by atoms with Crippen LogP contribution in [0.2, 0.25) is 0 Å². The maximum absolute atomic E-state index is 12.3. The molecule has 0 aromatic heterocycles. The Labute approximate surface area is 153 Å². The fraction of sp³-hybridized carbons (Fsp3) is 0.471. The lowest BCUT2D eigenvalue weighted by atomic mass is 9.97. The molecule has 27 heavy (non-hydrogen) atoms. The first-order valence-electron chi connectivity index (χ1n) is 8.18. The number of halogens is 3. The molecule has 0 bridgehead atoms. The van der Waals surface area contributed by atoms with E-state index in [0.29, 0.717) is 25.9 Å². The van der Waals surface area contributed by atoms with Crippen LogP contribution in [0.3, 0.4) is 0 Å². The van der Waals surface area contributed by atoms with E-state index in [4.69, 9.17) is 5.11 Å². The standard InChI is InChI=1S/C17H19F3N2O5/c1-21(10-14(23)22-8-6-12(7-9-22)16(25)26)15(24)11-2-4-13(5-3-11)27-17(18,19)20/h2-5,12H,6-10H2,1H3,(H,25,26). The van der Waals surface area contributed by atoms with Gasteiger partial charge in [0, 0.05) is 25.7 Å². The third-order valence-corrected chi connectivity index (χ3v) is 4.25. The molecule has 0 radical (unpaired) electrons. The number of nitrogens with zero attached hydrogens (tertiary/aromatic N) is 2. The topological polar surface area (TPSA) is 87.2 Å². The van der Waals surface area contributed by atoms with Crippen LogP contribution < -0.4 is 4.74 Å². The van der Waals surface area contributed by atoms with Crippen molar-refractivity contribution in [3.63, 3.8) is 0 Å². The first kappa shape index (κ1) is 20.5. The molecule has 1 aliphatic heterocycles. The number of amides is 2. The summed E-state index contributed by atoms with van der Waals surface area (Å²) in [6, 6.07) is 4.41. The summed E-state index contributed by atoms with van der Waals surface area (Å²) in [5.74, 6) is -2.63.